The van der Waals surface area contributed by atoms with E-state index in [4.69, 9.17) is 21.6 Å². The number of halogens is 2. The zero-order chi connectivity index (χ0) is 15.2. The Bertz CT molecular complexity index is 696. The fraction of sp³-hybridized carbons (Fsp3) is 0.0667. The third-order valence-electron chi connectivity index (χ3n) is 2.61. The Kier molecular flexibility index (Phi) is 4.75. The lowest BCUT2D eigenvalue weighted by Gasteiger charge is -2.08. The van der Waals surface area contributed by atoms with Gasteiger partial charge in [0.05, 0.1) is 10.6 Å². The highest BCUT2D eigenvalue weighted by atomic mass is 35.5. The average Bonchev–Trinajstić information content (AvgIpc) is 2.49. The lowest BCUT2D eigenvalue weighted by molar-refractivity contribution is 0.102. The highest BCUT2D eigenvalue weighted by molar-refractivity contribution is 6.31. The zero-order valence-electron chi connectivity index (χ0n) is 10.8. The van der Waals surface area contributed by atoms with E-state index in [1.54, 1.807) is 24.3 Å². The van der Waals surface area contributed by atoms with Crippen molar-refractivity contribution < 1.29 is 13.9 Å². The molecule has 0 heterocycles. The highest BCUT2D eigenvalue weighted by Crippen LogP contribution is 2.20. The quantitative estimate of drug-likeness (QED) is 0.938. The number of carbonyl (C=O) groups is 1. The van der Waals surface area contributed by atoms with Crippen LogP contribution in [-0.2, 0) is 0 Å². The van der Waals surface area contributed by atoms with Crippen molar-refractivity contribution in [3.8, 4) is 11.8 Å². The first-order valence-electron chi connectivity index (χ1n) is 5.97. The van der Waals surface area contributed by atoms with Gasteiger partial charge >= 0.3 is 0 Å². The number of carbonyl (C=O) groups excluding carboxylic acids is 1. The number of hydrogen-bond acceptors (Lipinski definition) is 3. The maximum Gasteiger partial charge on any atom is 0.258 e. The van der Waals surface area contributed by atoms with Crippen LogP contribution in [0.2, 0.25) is 5.02 Å². The van der Waals surface area contributed by atoms with Crippen LogP contribution in [0.5, 0.6) is 5.75 Å². The molecule has 0 atom stereocenters. The van der Waals surface area contributed by atoms with E-state index in [1.165, 1.54) is 18.2 Å². The molecule has 106 valence electrons. The van der Waals surface area contributed by atoms with Crippen LogP contribution in [0.3, 0.4) is 0 Å². The van der Waals surface area contributed by atoms with Crippen LogP contribution >= 0.6 is 11.6 Å². The van der Waals surface area contributed by atoms with E-state index in [2.05, 4.69) is 5.32 Å². The van der Waals surface area contributed by atoms with Gasteiger partial charge in [0.1, 0.15) is 11.8 Å². The van der Waals surface area contributed by atoms with Crippen LogP contribution in [0.25, 0.3) is 0 Å². The lowest BCUT2D eigenvalue weighted by Crippen LogP contribution is -2.13. The van der Waals surface area contributed by atoms with Gasteiger partial charge in [-0.25, -0.2) is 4.39 Å². The van der Waals surface area contributed by atoms with Gasteiger partial charge in [0.2, 0.25) is 0 Å². The summed E-state index contributed by atoms with van der Waals surface area (Å²) in [5.74, 6) is -0.852. The van der Waals surface area contributed by atoms with Crippen LogP contribution in [-0.4, -0.2) is 12.5 Å². The molecule has 0 fully saturated rings. The summed E-state index contributed by atoms with van der Waals surface area (Å²) in [4.78, 5) is 12.0. The molecule has 0 spiro atoms. The maximum absolute atomic E-state index is 13.7. The molecule has 0 aromatic heterocycles. The van der Waals surface area contributed by atoms with Gasteiger partial charge in [-0.05, 0) is 36.4 Å². The van der Waals surface area contributed by atoms with Gasteiger partial charge in [0.15, 0.2) is 12.4 Å². The van der Waals surface area contributed by atoms with Gasteiger partial charge in [-0.2, -0.15) is 5.26 Å². The van der Waals surface area contributed by atoms with Crippen molar-refractivity contribution in [2.45, 2.75) is 0 Å². The Labute approximate surface area is 125 Å². The molecule has 2 rings (SSSR count). The van der Waals surface area contributed by atoms with Crippen molar-refractivity contribution in [3.63, 3.8) is 0 Å². The minimum absolute atomic E-state index is 0.0561. The van der Waals surface area contributed by atoms with Crippen molar-refractivity contribution in [2.24, 2.45) is 0 Å². The van der Waals surface area contributed by atoms with Gasteiger partial charge in [-0.1, -0.05) is 17.7 Å². The van der Waals surface area contributed by atoms with Crippen LogP contribution in [0.1, 0.15) is 10.4 Å². The summed E-state index contributed by atoms with van der Waals surface area (Å²) in [6.45, 7) is -0.0561. The average molecular weight is 305 g/mol. The number of hydrogen-bond donors (Lipinski definition) is 1. The van der Waals surface area contributed by atoms with Gasteiger partial charge < -0.3 is 10.1 Å². The molecule has 0 aliphatic rings. The number of benzene rings is 2. The number of rotatable bonds is 4. The first-order valence-corrected chi connectivity index (χ1v) is 6.35. The summed E-state index contributed by atoms with van der Waals surface area (Å²) in [5.41, 5.74) is 0.344. The number of nitriles is 1. The molecular formula is C15H10ClFN2O2. The number of nitrogens with one attached hydrogen (secondary N) is 1. The van der Waals surface area contributed by atoms with Crippen molar-refractivity contribution in [3.05, 3.63) is 58.9 Å². The van der Waals surface area contributed by atoms with Crippen LogP contribution in [0.15, 0.2) is 42.5 Å². The molecule has 0 saturated heterocycles. The molecule has 2 aromatic rings. The fourth-order valence-corrected chi connectivity index (χ4v) is 1.80. The van der Waals surface area contributed by atoms with E-state index in [-0.39, 0.29) is 17.2 Å². The number of nitrogens with zero attached hydrogens (tertiary/aromatic N) is 1. The van der Waals surface area contributed by atoms with Gasteiger partial charge in [-0.3, -0.25) is 4.79 Å². The molecule has 2 aromatic carbocycles. The summed E-state index contributed by atoms with van der Waals surface area (Å²) in [7, 11) is 0. The summed E-state index contributed by atoms with van der Waals surface area (Å²) in [6, 6.07) is 12.4. The van der Waals surface area contributed by atoms with E-state index in [0.29, 0.717) is 11.4 Å². The minimum atomic E-state index is -0.759. The highest BCUT2D eigenvalue weighted by Gasteiger charge is 2.14. The van der Waals surface area contributed by atoms with Crippen LogP contribution in [0.4, 0.5) is 10.1 Å². The Morgan fingerprint density at radius 3 is 2.67 bits per heavy atom. The molecule has 1 N–H and O–H groups in total. The summed E-state index contributed by atoms with van der Waals surface area (Å²) in [5, 5.41) is 10.8. The summed E-state index contributed by atoms with van der Waals surface area (Å²) in [6.07, 6.45) is 0. The van der Waals surface area contributed by atoms with E-state index < -0.39 is 11.7 Å². The summed E-state index contributed by atoms with van der Waals surface area (Å²) >= 11 is 5.63. The molecule has 21 heavy (non-hydrogen) atoms. The first-order chi connectivity index (χ1) is 10.1. The van der Waals surface area contributed by atoms with E-state index in [0.717, 1.165) is 0 Å². The third-order valence-corrected chi connectivity index (χ3v) is 2.90. The van der Waals surface area contributed by atoms with E-state index in [9.17, 15) is 9.18 Å². The first kappa shape index (κ1) is 14.8. The van der Waals surface area contributed by atoms with E-state index in [1.807, 2.05) is 6.07 Å². The Morgan fingerprint density at radius 1 is 1.29 bits per heavy atom. The molecule has 0 bridgehead atoms. The van der Waals surface area contributed by atoms with E-state index >= 15 is 0 Å². The summed E-state index contributed by atoms with van der Waals surface area (Å²) < 4.78 is 18.8. The molecule has 0 aliphatic heterocycles. The van der Waals surface area contributed by atoms with Crippen LogP contribution < -0.4 is 10.1 Å². The predicted molar refractivity (Wildman–Crippen MR) is 76.9 cm³/mol. The van der Waals surface area contributed by atoms with Crippen molar-refractivity contribution in [1.82, 2.24) is 0 Å². The Morgan fingerprint density at radius 2 is 2.00 bits per heavy atom. The molecular weight excluding hydrogens is 295 g/mol. The predicted octanol–water partition coefficient (Wildman–Crippen LogP) is 3.63. The van der Waals surface area contributed by atoms with Crippen LogP contribution in [0, 0.1) is 17.1 Å². The van der Waals surface area contributed by atoms with Gasteiger partial charge in [-0.15, -0.1) is 0 Å². The Hall–Kier alpha value is -2.58. The Balaban J connectivity index is 2.09. The lowest BCUT2D eigenvalue weighted by atomic mass is 10.2. The molecule has 0 unspecified atom stereocenters. The fourth-order valence-electron chi connectivity index (χ4n) is 1.63. The second-order valence-electron chi connectivity index (χ2n) is 4.03. The van der Waals surface area contributed by atoms with Gasteiger partial charge in [0, 0.05) is 5.69 Å². The van der Waals surface area contributed by atoms with Crippen molar-refractivity contribution >= 4 is 23.2 Å². The second-order valence-corrected chi connectivity index (χ2v) is 4.43. The molecule has 6 heteroatoms. The zero-order valence-corrected chi connectivity index (χ0v) is 11.5. The standard InChI is InChI=1S/C15H10ClFN2O2/c16-13-3-1-2-12(14(13)17)15(20)19-10-4-6-11(7-5-10)21-9-8-18/h1-7H,9H2,(H,19,20). The SMILES string of the molecule is N#CCOc1ccc(NC(=O)c2cccc(Cl)c2F)cc1. The molecule has 4 nitrogen and oxygen atoms in total. The monoisotopic (exact) mass is 304 g/mol. The van der Waals surface area contributed by atoms with Crippen molar-refractivity contribution in [1.29, 1.82) is 5.26 Å². The smallest absolute Gasteiger partial charge is 0.258 e. The number of anilines is 1. The third kappa shape index (κ3) is 3.71. The molecule has 0 aliphatic carbocycles. The minimum Gasteiger partial charge on any atom is -0.479 e. The molecule has 1 amide bonds. The number of amides is 1. The second kappa shape index (κ2) is 6.73. The number of ether oxygens (including phenoxy) is 1. The van der Waals surface area contributed by atoms with Gasteiger partial charge in [0.25, 0.3) is 5.91 Å². The largest absolute Gasteiger partial charge is 0.479 e. The molecule has 0 radical (unpaired) electrons. The topological polar surface area (TPSA) is 62.1 Å². The molecule has 0 saturated carbocycles. The van der Waals surface area contributed by atoms with Crippen molar-refractivity contribution in [2.75, 3.05) is 11.9 Å². The normalized spacial score (nSPS) is 9.76. The maximum atomic E-state index is 13.7.